The highest BCUT2D eigenvalue weighted by Crippen LogP contribution is 2.14. The van der Waals surface area contributed by atoms with Crippen LogP contribution in [0.3, 0.4) is 0 Å². The number of hydrogen-bond donors (Lipinski definition) is 1. The molecule has 0 bridgehead atoms. The normalized spacial score (nSPS) is 11.4. The van der Waals surface area contributed by atoms with E-state index in [9.17, 15) is 12.8 Å². The van der Waals surface area contributed by atoms with Crippen molar-refractivity contribution < 1.29 is 17.5 Å². The molecule has 0 spiro atoms. The van der Waals surface area contributed by atoms with E-state index in [1.165, 1.54) is 18.3 Å². The predicted molar refractivity (Wildman–Crippen MR) is 102 cm³/mol. The lowest BCUT2D eigenvalue weighted by Gasteiger charge is -2.08. The van der Waals surface area contributed by atoms with Gasteiger partial charge >= 0.3 is 0 Å². The van der Waals surface area contributed by atoms with Crippen LogP contribution in [-0.2, 0) is 16.6 Å². The molecule has 1 N–H and O–H groups in total. The van der Waals surface area contributed by atoms with E-state index in [1.54, 1.807) is 6.07 Å². The Morgan fingerprint density at radius 2 is 1.59 bits per heavy atom. The second-order valence-corrected chi connectivity index (χ2v) is 7.27. The molecule has 0 atom stereocenters. The van der Waals surface area contributed by atoms with E-state index >= 15 is 0 Å². The summed E-state index contributed by atoms with van der Waals surface area (Å²) in [4.78, 5) is 2.05. The predicted octanol–water partition coefficient (Wildman–Crippen LogP) is 3.72. The van der Waals surface area contributed by atoms with E-state index in [4.69, 9.17) is 4.74 Å². The number of sulfonamides is 1. The molecule has 0 amide bonds. The van der Waals surface area contributed by atoms with Crippen molar-refractivity contribution in [1.82, 2.24) is 4.83 Å². The van der Waals surface area contributed by atoms with Crippen LogP contribution < -0.4 is 9.57 Å². The molecular formula is C20H17FN2O3S. The molecule has 3 aromatic carbocycles. The van der Waals surface area contributed by atoms with E-state index in [-0.39, 0.29) is 4.90 Å². The van der Waals surface area contributed by atoms with Crippen LogP contribution in [0.25, 0.3) is 0 Å². The maximum atomic E-state index is 12.9. The first-order chi connectivity index (χ1) is 13.0. The number of benzene rings is 3. The van der Waals surface area contributed by atoms with E-state index in [2.05, 4.69) is 9.93 Å². The van der Waals surface area contributed by atoms with Crippen LogP contribution in [0.2, 0.25) is 0 Å². The van der Waals surface area contributed by atoms with Gasteiger partial charge in [-0.3, -0.25) is 0 Å². The van der Waals surface area contributed by atoms with E-state index in [1.807, 2.05) is 48.5 Å². The van der Waals surface area contributed by atoms with E-state index < -0.39 is 15.8 Å². The van der Waals surface area contributed by atoms with Gasteiger partial charge in [0.1, 0.15) is 18.2 Å². The summed E-state index contributed by atoms with van der Waals surface area (Å²) in [5.41, 5.74) is 1.57. The minimum absolute atomic E-state index is 0.0678. The zero-order valence-corrected chi connectivity index (χ0v) is 15.1. The lowest BCUT2D eigenvalue weighted by molar-refractivity contribution is 0.306. The van der Waals surface area contributed by atoms with Gasteiger partial charge in [0.15, 0.2) is 0 Å². The Labute approximate surface area is 157 Å². The molecule has 0 unspecified atom stereocenters. The summed E-state index contributed by atoms with van der Waals surface area (Å²) < 4.78 is 43.0. The molecule has 0 saturated carbocycles. The highest BCUT2D eigenvalue weighted by Gasteiger charge is 2.12. The van der Waals surface area contributed by atoms with Gasteiger partial charge in [0.2, 0.25) is 0 Å². The summed E-state index contributed by atoms with van der Waals surface area (Å²) in [7, 11) is -3.86. The summed E-state index contributed by atoms with van der Waals surface area (Å²) in [5.74, 6) is 0.228. The molecule has 3 aromatic rings. The van der Waals surface area contributed by atoms with Crippen molar-refractivity contribution in [2.24, 2.45) is 5.10 Å². The van der Waals surface area contributed by atoms with Gasteiger partial charge in [-0.15, -0.1) is 0 Å². The van der Waals surface area contributed by atoms with Gasteiger partial charge in [0, 0.05) is 5.56 Å². The Morgan fingerprint density at radius 1 is 0.926 bits per heavy atom. The lowest BCUT2D eigenvalue weighted by atomic mass is 10.1. The van der Waals surface area contributed by atoms with Crippen molar-refractivity contribution in [2.45, 2.75) is 11.5 Å². The molecule has 0 fully saturated rings. The third-order valence-electron chi connectivity index (χ3n) is 3.69. The van der Waals surface area contributed by atoms with Crippen LogP contribution in [0, 0.1) is 5.82 Å². The van der Waals surface area contributed by atoms with Crippen molar-refractivity contribution in [1.29, 1.82) is 0 Å². The monoisotopic (exact) mass is 384 g/mol. The highest BCUT2D eigenvalue weighted by molar-refractivity contribution is 7.89. The standard InChI is InChI=1S/C20H17FN2O3S/c21-18-10-12-20(13-11-18)27(24,25)23-22-14-16-6-4-5-7-17(16)15-26-19-8-2-1-3-9-19/h1-14,23H,15H2/b22-14+. The lowest BCUT2D eigenvalue weighted by Crippen LogP contribution is -2.18. The molecule has 0 aliphatic carbocycles. The Hall–Kier alpha value is -3.19. The zero-order valence-electron chi connectivity index (χ0n) is 14.2. The molecule has 7 heteroatoms. The Kier molecular flexibility index (Phi) is 5.83. The second-order valence-electron chi connectivity index (χ2n) is 5.61. The minimum Gasteiger partial charge on any atom is -0.489 e. The van der Waals surface area contributed by atoms with Crippen LogP contribution in [0.15, 0.2) is 88.9 Å². The first kappa shape index (κ1) is 18.6. The SMILES string of the molecule is O=S(=O)(N/N=C/c1ccccc1COc1ccccc1)c1ccc(F)cc1. The molecule has 0 aliphatic rings. The van der Waals surface area contributed by atoms with Gasteiger partial charge < -0.3 is 4.74 Å². The van der Waals surface area contributed by atoms with Gasteiger partial charge in [0.25, 0.3) is 10.0 Å². The summed E-state index contributed by atoms with van der Waals surface area (Å²) in [6, 6.07) is 21.2. The first-order valence-electron chi connectivity index (χ1n) is 8.11. The fourth-order valence-corrected chi connectivity index (χ4v) is 3.09. The van der Waals surface area contributed by atoms with Crippen LogP contribution >= 0.6 is 0 Å². The van der Waals surface area contributed by atoms with Gasteiger partial charge in [-0.1, -0.05) is 42.5 Å². The van der Waals surface area contributed by atoms with Gasteiger partial charge in [-0.2, -0.15) is 13.5 Å². The average molecular weight is 384 g/mol. The van der Waals surface area contributed by atoms with E-state index in [0.29, 0.717) is 6.61 Å². The topological polar surface area (TPSA) is 67.8 Å². The molecule has 0 aliphatic heterocycles. The minimum atomic E-state index is -3.86. The summed E-state index contributed by atoms with van der Waals surface area (Å²) >= 11 is 0. The van der Waals surface area contributed by atoms with Crippen LogP contribution in [0.1, 0.15) is 11.1 Å². The molecular weight excluding hydrogens is 367 g/mol. The molecule has 0 radical (unpaired) electrons. The van der Waals surface area contributed by atoms with E-state index in [0.717, 1.165) is 29.0 Å². The Morgan fingerprint density at radius 3 is 2.33 bits per heavy atom. The maximum absolute atomic E-state index is 12.9. The highest BCUT2D eigenvalue weighted by atomic mass is 32.2. The van der Waals surface area contributed by atoms with Crippen molar-refractivity contribution in [3.63, 3.8) is 0 Å². The molecule has 27 heavy (non-hydrogen) atoms. The van der Waals surface area contributed by atoms with Gasteiger partial charge in [0.05, 0.1) is 11.1 Å². The molecule has 0 aromatic heterocycles. The fraction of sp³-hybridized carbons (Fsp3) is 0.0500. The summed E-state index contributed by atoms with van der Waals surface area (Å²) in [6.07, 6.45) is 1.41. The van der Waals surface area contributed by atoms with Crippen LogP contribution in [0.4, 0.5) is 4.39 Å². The van der Waals surface area contributed by atoms with Crippen molar-refractivity contribution >= 4 is 16.2 Å². The third kappa shape index (κ3) is 5.15. The Balaban J connectivity index is 1.69. The second kappa shape index (κ2) is 8.46. The number of para-hydroxylation sites is 1. The van der Waals surface area contributed by atoms with Gasteiger partial charge in [-0.05, 0) is 42.0 Å². The number of rotatable bonds is 7. The molecule has 5 nitrogen and oxygen atoms in total. The molecule has 138 valence electrons. The number of ether oxygens (including phenoxy) is 1. The van der Waals surface area contributed by atoms with Crippen LogP contribution in [-0.4, -0.2) is 14.6 Å². The maximum Gasteiger partial charge on any atom is 0.276 e. The quantitative estimate of drug-likeness (QED) is 0.499. The average Bonchev–Trinajstić information content (AvgIpc) is 2.68. The van der Waals surface area contributed by atoms with Crippen molar-refractivity contribution in [3.8, 4) is 5.75 Å². The Bertz CT molecular complexity index is 1020. The fourth-order valence-electron chi connectivity index (χ4n) is 2.30. The molecule has 3 rings (SSSR count). The molecule has 0 saturated heterocycles. The van der Waals surface area contributed by atoms with Crippen molar-refractivity contribution in [2.75, 3.05) is 0 Å². The van der Waals surface area contributed by atoms with Crippen molar-refractivity contribution in [3.05, 3.63) is 95.8 Å². The number of hydrogen-bond acceptors (Lipinski definition) is 4. The summed E-state index contributed by atoms with van der Waals surface area (Å²) in [6.45, 7) is 0.316. The third-order valence-corrected chi connectivity index (χ3v) is 4.93. The number of hydrazone groups is 1. The number of halogens is 1. The zero-order chi connectivity index (χ0) is 19.1. The van der Waals surface area contributed by atoms with Gasteiger partial charge in [-0.25, -0.2) is 9.22 Å². The van der Waals surface area contributed by atoms with Crippen LogP contribution in [0.5, 0.6) is 5.75 Å². The smallest absolute Gasteiger partial charge is 0.276 e. The largest absolute Gasteiger partial charge is 0.489 e. The number of nitrogens with zero attached hydrogens (tertiary/aromatic N) is 1. The number of nitrogens with one attached hydrogen (secondary N) is 1. The molecule has 0 heterocycles. The summed E-state index contributed by atoms with van der Waals surface area (Å²) in [5, 5.41) is 3.82. The first-order valence-corrected chi connectivity index (χ1v) is 9.59.